The molecule has 0 spiro atoms. The molecule has 0 aromatic carbocycles. The molecule has 0 unspecified atom stereocenters. The van der Waals surface area contributed by atoms with E-state index in [-0.39, 0.29) is 6.61 Å². The van der Waals surface area contributed by atoms with Crippen LogP contribution in [0.2, 0.25) is 0 Å². The molecule has 0 aliphatic rings. The maximum absolute atomic E-state index is 8.72. The van der Waals surface area contributed by atoms with Crippen molar-refractivity contribution >= 4 is 11.3 Å². The molecule has 1 heterocycles. The van der Waals surface area contributed by atoms with E-state index in [4.69, 9.17) is 5.11 Å². The number of aliphatic hydroxyl groups is 1. The lowest BCUT2D eigenvalue weighted by Gasteiger charge is -2.25. The minimum atomic E-state index is -0.0718. The third kappa shape index (κ3) is 4.16. The molecule has 0 saturated carbocycles. The molecule has 1 aromatic heterocycles. The van der Waals surface area contributed by atoms with Crippen molar-refractivity contribution in [2.45, 2.75) is 39.3 Å². The summed E-state index contributed by atoms with van der Waals surface area (Å²) in [6, 6.07) is 2.67. The number of aliphatic hydroxyl groups excluding tert-OH is 1. The number of hydrogen-bond donors (Lipinski definition) is 1. The van der Waals surface area contributed by atoms with Gasteiger partial charge in [-0.15, -0.1) is 11.3 Å². The second-order valence-corrected chi connectivity index (χ2v) is 5.10. The summed E-state index contributed by atoms with van der Waals surface area (Å²) in [5.74, 6) is 5.72. The van der Waals surface area contributed by atoms with Crippen molar-refractivity contribution in [3.05, 3.63) is 21.9 Å². The Morgan fingerprint density at radius 3 is 2.71 bits per heavy atom. The van der Waals surface area contributed by atoms with Gasteiger partial charge in [-0.1, -0.05) is 25.7 Å². The molecule has 0 aliphatic heterocycles. The van der Waals surface area contributed by atoms with Gasteiger partial charge in [-0.3, -0.25) is 4.90 Å². The molecule has 0 saturated heterocycles. The van der Waals surface area contributed by atoms with Crippen LogP contribution in [0.25, 0.3) is 0 Å². The molecule has 1 rings (SSSR count). The largest absolute Gasteiger partial charge is 0.384 e. The highest BCUT2D eigenvalue weighted by Crippen LogP contribution is 2.19. The van der Waals surface area contributed by atoms with Gasteiger partial charge in [0.05, 0.1) is 0 Å². The molecule has 0 bridgehead atoms. The van der Waals surface area contributed by atoms with E-state index in [1.54, 1.807) is 11.3 Å². The predicted molar refractivity (Wildman–Crippen MR) is 74.1 cm³/mol. The van der Waals surface area contributed by atoms with Crippen LogP contribution in [0.5, 0.6) is 0 Å². The van der Waals surface area contributed by atoms with Crippen molar-refractivity contribution in [2.75, 3.05) is 13.7 Å². The normalized spacial score (nSPS) is 10.7. The van der Waals surface area contributed by atoms with Gasteiger partial charge in [0.1, 0.15) is 6.61 Å². The highest BCUT2D eigenvalue weighted by atomic mass is 32.1. The zero-order chi connectivity index (χ0) is 12.7. The summed E-state index contributed by atoms with van der Waals surface area (Å²) >= 11 is 1.74. The van der Waals surface area contributed by atoms with Crippen molar-refractivity contribution in [1.82, 2.24) is 4.90 Å². The molecule has 0 radical (unpaired) electrons. The molecular formula is C14H21NOS. The van der Waals surface area contributed by atoms with E-state index in [1.165, 1.54) is 17.7 Å². The summed E-state index contributed by atoms with van der Waals surface area (Å²) in [4.78, 5) is 3.68. The van der Waals surface area contributed by atoms with E-state index in [2.05, 4.69) is 43.0 Å². The van der Waals surface area contributed by atoms with Crippen LogP contribution in [0.15, 0.2) is 11.4 Å². The second kappa shape index (κ2) is 7.50. The van der Waals surface area contributed by atoms with Crippen LogP contribution in [0.4, 0.5) is 0 Å². The molecule has 0 atom stereocenters. The molecular weight excluding hydrogens is 230 g/mol. The van der Waals surface area contributed by atoms with Gasteiger partial charge >= 0.3 is 0 Å². The first-order valence-electron chi connectivity index (χ1n) is 6.09. The van der Waals surface area contributed by atoms with Crippen LogP contribution in [-0.4, -0.2) is 29.7 Å². The summed E-state index contributed by atoms with van der Waals surface area (Å²) in [5, 5.41) is 10.8. The fourth-order valence-corrected chi connectivity index (χ4v) is 2.87. The Hall–Kier alpha value is -0.820. The third-order valence-corrected chi connectivity index (χ3v) is 3.91. The molecule has 3 heteroatoms. The first kappa shape index (κ1) is 14.2. The monoisotopic (exact) mass is 251 g/mol. The molecule has 1 N–H and O–H groups in total. The molecule has 0 amide bonds. The van der Waals surface area contributed by atoms with Gasteiger partial charge < -0.3 is 5.11 Å². The zero-order valence-electron chi connectivity index (χ0n) is 10.9. The fourth-order valence-electron chi connectivity index (χ4n) is 1.98. The maximum atomic E-state index is 8.72. The number of thiophene rings is 1. The maximum Gasteiger partial charge on any atom is 0.104 e. The van der Waals surface area contributed by atoms with Crippen LogP contribution in [0.1, 0.15) is 37.1 Å². The van der Waals surface area contributed by atoms with E-state index in [1.807, 2.05) is 6.07 Å². The summed E-state index contributed by atoms with van der Waals surface area (Å²) in [7, 11) is 2.17. The Kier molecular flexibility index (Phi) is 6.28. The quantitative estimate of drug-likeness (QED) is 0.813. The van der Waals surface area contributed by atoms with Gasteiger partial charge in [0, 0.05) is 23.0 Å². The van der Waals surface area contributed by atoms with E-state index in [9.17, 15) is 0 Å². The first-order chi connectivity index (χ1) is 8.22. The number of hydrogen-bond acceptors (Lipinski definition) is 3. The molecule has 2 nitrogen and oxygen atoms in total. The Balaban J connectivity index is 2.71. The highest BCUT2D eigenvalue weighted by molar-refractivity contribution is 7.10. The Bertz CT molecular complexity index is 384. The lowest BCUT2D eigenvalue weighted by molar-refractivity contribution is 0.223. The van der Waals surface area contributed by atoms with Gasteiger partial charge in [-0.05, 0) is 31.3 Å². The molecule has 17 heavy (non-hydrogen) atoms. The first-order valence-corrected chi connectivity index (χ1v) is 6.97. The van der Waals surface area contributed by atoms with Crippen LogP contribution in [0, 0.1) is 11.8 Å². The van der Waals surface area contributed by atoms with Crippen molar-refractivity contribution < 1.29 is 5.11 Å². The molecule has 0 fully saturated rings. The summed E-state index contributed by atoms with van der Waals surface area (Å²) in [6.07, 6.45) is 2.35. The van der Waals surface area contributed by atoms with Crippen molar-refractivity contribution in [3.8, 4) is 11.8 Å². The summed E-state index contributed by atoms with van der Waals surface area (Å²) in [5.41, 5.74) is 1.06. The van der Waals surface area contributed by atoms with Gasteiger partial charge in [-0.2, -0.15) is 0 Å². The van der Waals surface area contributed by atoms with E-state index in [0.717, 1.165) is 12.1 Å². The fraction of sp³-hybridized carbons (Fsp3) is 0.571. The van der Waals surface area contributed by atoms with Crippen molar-refractivity contribution in [3.63, 3.8) is 0 Å². The molecule has 0 aliphatic carbocycles. The summed E-state index contributed by atoms with van der Waals surface area (Å²) < 4.78 is 0. The number of rotatable bonds is 5. The van der Waals surface area contributed by atoms with Gasteiger partial charge in [0.15, 0.2) is 0 Å². The van der Waals surface area contributed by atoms with Crippen LogP contribution in [-0.2, 0) is 6.54 Å². The van der Waals surface area contributed by atoms with Crippen LogP contribution < -0.4 is 0 Å². The minimum absolute atomic E-state index is 0.0718. The second-order valence-electron chi connectivity index (χ2n) is 4.10. The lowest BCUT2D eigenvalue weighted by Crippen LogP contribution is -2.29. The summed E-state index contributed by atoms with van der Waals surface area (Å²) in [6.45, 7) is 5.33. The SMILES string of the molecule is CCC(CC)N(C)Cc1sccc1C#CCO. The van der Waals surface area contributed by atoms with Crippen molar-refractivity contribution in [1.29, 1.82) is 0 Å². The van der Waals surface area contributed by atoms with E-state index in [0.29, 0.717) is 6.04 Å². The topological polar surface area (TPSA) is 23.5 Å². The lowest BCUT2D eigenvalue weighted by atomic mass is 10.1. The third-order valence-electron chi connectivity index (χ3n) is 3.01. The van der Waals surface area contributed by atoms with E-state index >= 15 is 0 Å². The van der Waals surface area contributed by atoms with Gasteiger partial charge in [0.2, 0.25) is 0 Å². The zero-order valence-corrected chi connectivity index (χ0v) is 11.7. The Labute approximate surface area is 108 Å². The molecule has 94 valence electrons. The van der Waals surface area contributed by atoms with Gasteiger partial charge in [-0.25, -0.2) is 0 Å². The Morgan fingerprint density at radius 1 is 1.41 bits per heavy atom. The standard InChI is InChI=1S/C14H21NOS/c1-4-13(5-2)15(3)11-14-12(7-6-9-16)8-10-17-14/h8,10,13,16H,4-5,9,11H2,1-3H3. The van der Waals surface area contributed by atoms with Crippen LogP contribution >= 0.6 is 11.3 Å². The van der Waals surface area contributed by atoms with Crippen LogP contribution in [0.3, 0.4) is 0 Å². The highest BCUT2D eigenvalue weighted by Gasteiger charge is 2.12. The average molecular weight is 251 g/mol. The molecule has 1 aromatic rings. The predicted octanol–water partition coefficient (Wildman–Crippen LogP) is 2.71. The number of nitrogens with zero attached hydrogens (tertiary/aromatic N) is 1. The van der Waals surface area contributed by atoms with E-state index < -0.39 is 0 Å². The minimum Gasteiger partial charge on any atom is -0.384 e. The smallest absolute Gasteiger partial charge is 0.104 e. The van der Waals surface area contributed by atoms with Gasteiger partial charge in [0.25, 0.3) is 0 Å². The van der Waals surface area contributed by atoms with Crippen molar-refractivity contribution in [2.24, 2.45) is 0 Å². The average Bonchev–Trinajstić information content (AvgIpc) is 2.75. The Morgan fingerprint density at radius 2 is 2.12 bits per heavy atom.